The number of nitrogens with zero attached hydrogens (tertiary/aromatic N) is 3. The second kappa shape index (κ2) is 4.41. The Morgan fingerprint density at radius 2 is 2.10 bits per heavy atom. The van der Waals surface area contributed by atoms with Crippen molar-refractivity contribution in [1.29, 1.82) is 0 Å². The van der Waals surface area contributed by atoms with Crippen LogP contribution < -0.4 is 11.2 Å². The number of aromatic amines is 1. The van der Waals surface area contributed by atoms with E-state index in [0.29, 0.717) is 15.4 Å². The van der Waals surface area contributed by atoms with Gasteiger partial charge >= 0.3 is 5.69 Å². The quantitative estimate of drug-likeness (QED) is 0.727. The Hall–Kier alpha value is -2.22. The van der Waals surface area contributed by atoms with Gasteiger partial charge in [0.25, 0.3) is 5.56 Å². The van der Waals surface area contributed by atoms with Gasteiger partial charge in [0.15, 0.2) is 5.82 Å². The molecule has 102 valence electrons. The second-order valence-electron chi connectivity index (χ2n) is 4.21. The van der Waals surface area contributed by atoms with Crippen LogP contribution >= 0.6 is 15.9 Å². The summed E-state index contributed by atoms with van der Waals surface area (Å²) in [6.07, 6.45) is 1.31. The highest BCUT2D eigenvalue weighted by molar-refractivity contribution is 9.10. The van der Waals surface area contributed by atoms with E-state index in [4.69, 9.17) is 0 Å². The van der Waals surface area contributed by atoms with Crippen LogP contribution in [-0.4, -0.2) is 19.3 Å². The number of fused-ring (bicyclic) bond motifs is 1. The molecule has 0 radical (unpaired) electrons. The summed E-state index contributed by atoms with van der Waals surface area (Å²) in [4.78, 5) is 25.0. The fourth-order valence-electron chi connectivity index (χ4n) is 1.99. The number of nitrogens with one attached hydrogen (secondary N) is 1. The normalized spacial score (nSPS) is 11.2. The Labute approximate surface area is 119 Å². The zero-order valence-corrected chi connectivity index (χ0v) is 11.8. The molecule has 1 aromatic carbocycles. The Morgan fingerprint density at radius 3 is 2.80 bits per heavy atom. The zero-order chi connectivity index (χ0) is 14.4. The first-order valence-corrected chi connectivity index (χ1v) is 6.41. The van der Waals surface area contributed by atoms with Crippen LogP contribution in [0, 0.1) is 5.82 Å². The first kappa shape index (κ1) is 12.8. The lowest BCUT2D eigenvalue weighted by Crippen LogP contribution is -2.27. The number of rotatable bonds is 1. The number of aryl methyl sites for hydroxylation is 1. The third kappa shape index (κ3) is 1.88. The molecule has 0 saturated carbocycles. The molecule has 8 heteroatoms. The van der Waals surface area contributed by atoms with Gasteiger partial charge in [-0.1, -0.05) is 0 Å². The second-order valence-corrected chi connectivity index (χ2v) is 5.07. The largest absolute Gasteiger partial charge is 0.334 e. The standard InChI is InChI=1S/C12H8BrFN4O2/c1-17-9-5-7(13)8(14)4-6(9)11(16-17)18-3-2-10(19)15-12(18)20/h2-5H,1H3,(H,15,19,20). The van der Waals surface area contributed by atoms with Crippen molar-refractivity contribution in [3.05, 3.63) is 55.5 Å². The molecule has 0 amide bonds. The number of hydrogen-bond donors (Lipinski definition) is 1. The highest BCUT2D eigenvalue weighted by Crippen LogP contribution is 2.26. The molecular formula is C12H8BrFN4O2. The Morgan fingerprint density at radius 1 is 1.35 bits per heavy atom. The van der Waals surface area contributed by atoms with E-state index < -0.39 is 17.1 Å². The smallest absolute Gasteiger partial charge is 0.274 e. The number of H-pyrrole nitrogens is 1. The van der Waals surface area contributed by atoms with Crippen molar-refractivity contribution in [2.24, 2.45) is 7.05 Å². The van der Waals surface area contributed by atoms with Gasteiger partial charge in [0.2, 0.25) is 0 Å². The van der Waals surface area contributed by atoms with Crippen molar-refractivity contribution >= 4 is 26.8 Å². The molecule has 3 rings (SSSR count). The molecule has 0 unspecified atom stereocenters. The van der Waals surface area contributed by atoms with Crippen molar-refractivity contribution < 1.29 is 4.39 Å². The average molecular weight is 339 g/mol. The van der Waals surface area contributed by atoms with Crippen molar-refractivity contribution in [3.8, 4) is 5.82 Å². The first-order chi connectivity index (χ1) is 9.47. The van der Waals surface area contributed by atoms with E-state index in [9.17, 15) is 14.0 Å². The van der Waals surface area contributed by atoms with Gasteiger partial charge in [0, 0.05) is 24.7 Å². The Kier molecular flexibility index (Phi) is 2.82. The van der Waals surface area contributed by atoms with Crippen LogP contribution in [0.15, 0.2) is 38.5 Å². The van der Waals surface area contributed by atoms with E-state index in [1.165, 1.54) is 23.0 Å². The third-order valence-corrected chi connectivity index (χ3v) is 3.53. The summed E-state index contributed by atoms with van der Waals surface area (Å²) in [5.74, 6) is -0.195. The topological polar surface area (TPSA) is 72.7 Å². The predicted molar refractivity (Wildman–Crippen MR) is 74.6 cm³/mol. The summed E-state index contributed by atoms with van der Waals surface area (Å²) >= 11 is 3.11. The maximum absolute atomic E-state index is 13.7. The van der Waals surface area contributed by atoms with Crippen LogP contribution in [-0.2, 0) is 7.05 Å². The molecule has 0 aliphatic rings. The molecule has 2 aromatic heterocycles. The van der Waals surface area contributed by atoms with Crippen LogP contribution in [0.5, 0.6) is 0 Å². The van der Waals surface area contributed by atoms with Crippen molar-refractivity contribution in [3.63, 3.8) is 0 Å². The fourth-order valence-corrected chi connectivity index (χ4v) is 2.33. The van der Waals surface area contributed by atoms with Crippen molar-refractivity contribution in [1.82, 2.24) is 19.3 Å². The summed E-state index contributed by atoms with van der Waals surface area (Å²) < 4.78 is 16.7. The number of halogens is 2. The maximum Gasteiger partial charge on any atom is 0.334 e. The molecule has 0 atom stereocenters. The van der Waals surface area contributed by atoms with Gasteiger partial charge in [-0.15, -0.1) is 0 Å². The molecule has 0 fully saturated rings. The molecule has 0 bridgehead atoms. The van der Waals surface area contributed by atoms with E-state index in [-0.39, 0.29) is 5.82 Å². The van der Waals surface area contributed by atoms with E-state index in [1.807, 2.05) is 0 Å². The predicted octanol–water partition coefficient (Wildman–Crippen LogP) is 1.31. The molecule has 0 saturated heterocycles. The Balaban J connectivity index is 2.40. The molecular weight excluding hydrogens is 331 g/mol. The van der Waals surface area contributed by atoms with E-state index >= 15 is 0 Å². The van der Waals surface area contributed by atoms with Crippen molar-refractivity contribution in [2.75, 3.05) is 0 Å². The van der Waals surface area contributed by atoms with E-state index in [1.54, 1.807) is 13.1 Å². The van der Waals surface area contributed by atoms with Gasteiger partial charge in [0.05, 0.1) is 9.99 Å². The van der Waals surface area contributed by atoms with E-state index in [0.717, 1.165) is 4.57 Å². The molecule has 2 heterocycles. The number of aromatic nitrogens is 4. The minimum absolute atomic E-state index is 0.259. The minimum Gasteiger partial charge on any atom is -0.274 e. The van der Waals surface area contributed by atoms with Crippen LogP contribution in [0.4, 0.5) is 4.39 Å². The van der Waals surface area contributed by atoms with Gasteiger partial charge in [-0.3, -0.25) is 19.0 Å². The van der Waals surface area contributed by atoms with Crippen LogP contribution in [0.2, 0.25) is 0 Å². The highest BCUT2D eigenvalue weighted by atomic mass is 79.9. The molecule has 0 spiro atoms. The summed E-state index contributed by atoms with van der Waals surface area (Å²) in [6.45, 7) is 0. The molecule has 20 heavy (non-hydrogen) atoms. The Bertz CT molecular complexity index is 941. The lowest BCUT2D eigenvalue weighted by atomic mass is 10.2. The van der Waals surface area contributed by atoms with Gasteiger partial charge in [-0.05, 0) is 28.1 Å². The van der Waals surface area contributed by atoms with Gasteiger partial charge in [0.1, 0.15) is 5.82 Å². The van der Waals surface area contributed by atoms with Crippen molar-refractivity contribution in [2.45, 2.75) is 0 Å². The SMILES string of the molecule is Cn1nc(-n2ccc(=O)[nH]c2=O)c2cc(F)c(Br)cc21. The lowest BCUT2D eigenvalue weighted by Gasteiger charge is -2.01. The first-order valence-electron chi connectivity index (χ1n) is 5.61. The van der Waals surface area contributed by atoms with Gasteiger partial charge < -0.3 is 0 Å². The monoisotopic (exact) mass is 338 g/mol. The minimum atomic E-state index is -0.624. The average Bonchev–Trinajstić information content (AvgIpc) is 2.67. The van der Waals surface area contributed by atoms with Crippen LogP contribution in [0.1, 0.15) is 0 Å². The summed E-state index contributed by atoms with van der Waals surface area (Å²) in [7, 11) is 1.69. The summed E-state index contributed by atoms with van der Waals surface area (Å²) in [5.41, 5.74) is -0.465. The molecule has 0 aliphatic heterocycles. The van der Waals surface area contributed by atoms with Gasteiger partial charge in [-0.25, -0.2) is 9.18 Å². The van der Waals surface area contributed by atoms with Gasteiger partial charge in [-0.2, -0.15) is 5.10 Å². The van der Waals surface area contributed by atoms with Crippen LogP contribution in [0.25, 0.3) is 16.7 Å². The number of hydrogen-bond acceptors (Lipinski definition) is 3. The maximum atomic E-state index is 13.7. The molecule has 0 aliphatic carbocycles. The fraction of sp³-hybridized carbons (Fsp3) is 0.0833. The lowest BCUT2D eigenvalue weighted by molar-refractivity contribution is 0.623. The molecule has 3 aromatic rings. The summed E-state index contributed by atoms with van der Waals surface area (Å²) in [6, 6.07) is 4.08. The number of benzene rings is 1. The van der Waals surface area contributed by atoms with Crippen LogP contribution in [0.3, 0.4) is 0 Å². The summed E-state index contributed by atoms with van der Waals surface area (Å²) in [5, 5.41) is 4.68. The third-order valence-electron chi connectivity index (χ3n) is 2.92. The highest BCUT2D eigenvalue weighted by Gasteiger charge is 2.14. The van der Waals surface area contributed by atoms with E-state index in [2.05, 4.69) is 26.0 Å². The molecule has 6 nitrogen and oxygen atoms in total. The molecule has 1 N–H and O–H groups in total. The zero-order valence-electron chi connectivity index (χ0n) is 10.2.